The maximum atomic E-state index is 13.0. The van der Waals surface area contributed by atoms with Gasteiger partial charge in [-0.1, -0.05) is 22.0 Å². The minimum Gasteiger partial charge on any atom is -0.350 e. The molecule has 2 aromatic rings. The molecule has 0 fully saturated rings. The second-order valence-corrected chi connectivity index (χ2v) is 5.22. The molecule has 0 aliphatic heterocycles. The van der Waals surface area contributed by atoms with Crippen molar-refractivity contribution in [2.75, 3.05) is 7.05 Å². The largest absolute Gasteiger partial charge is 0.350 e. The van der Waals surface area contributed by atoms with Gasteiger partial charge in [-0.3, -0.25) is 0 Å². The first kappa shape index (κ1) is 13.3. The van der Waals surface area contributed by atoms with Gasteiger partial charge in [0.2, 0.25) is 0 Å². The predicted molar refractivity (Wildman–Crippen MR) is 75.1 cm³/mol. The van der Waals surface area contributed by atoms with Crippen molar-refractivity contribution in [3.8, 4) is 0 Å². The van der Waals surface area contributed by atoms with Crippen LogP contribution in [0.3, 0.4) is 0 Å². The van der Waals surface area contributed by atoms with Gasteiger partial charge < -0.3 is 9.88 Å². The lowest BCUT2D eigenvalue weighted by atomic mass is 10.2. The van der Waals surface area contributed by atoms with Gasteiger partial charge >= 0.3 is 0 Å². The van der Waals surface area contributed by atoms with Gasteiger partial charge in [0.1, 0.15) is 5.82 Å². The first-order valence-corrected chi connectivity index (χ1v) is 6.66. The van der Waals surface area contributed by atoms with Gasteiger partial charge in [0.25, 0.3) is 0 Å². The Morgan fingerprint density at radius 2 is 2.17 bits per heavy atom. The lowest BCUT2D eigenvalue weighted by Crippen LogP contribution is -2.11. The first-order valence-electron chi connectivity index (χ1n) is 5.87. The second-order valence-electron chi connectivity index (χ2n) is 4.36. The van der Waals surface area contributed by atoms with Crippen molar-refractivity contribution in [2.45, 2.75) is 19.5 Å². The van der Waals surface area contributed by atoms with E-state index in [-0.39, 0.29) is 5.82 Å². The van der Waals surface area contributed by atoms with E-state index in [0.29, 0.717) is 6.04 Å². The highest BCUT2D eigenvalue weighted by Gasteiger charge is 2.06. The van der Waals surface area contributed by atoms with Crippen LogP contribution in [0.15, 0.2) is 41.1 Å². The lowest BCUT2D eigenvalue weighted by molar-refractivity contribution is 0.625. The van der Waals surface area contributed by atoms with Crippen molar-refractivity contribution >= 4 is 15.9 Å². The van der Waals surface area contributed by atoms with E-state index in [1.807, 2.05) is 13.2 Å². The summed E-state index contributed by atoms with van der Waals surface area (Å²) in [5.74, 6) is -0.220. The monoisotopic (exact) mass is 310 g/mol. The Balaban J connectivity index is 2.16. The maximum absolute atomic E-state index is 13.0. The summed E-state index contributed by atoms with van der Waals surface area (Å²) in [4.78, 5) is 0. The zero-order valence-electron chi connectivity index (χ0n) is 10.5. The van der Waals surface area contributed by atoms with Crippen LogP contribution in [0.25, 0.3) is 0 Å². The Kier molecular flexibility index (Phi) is 4.19. The van der Waals surface area contributed by atoms with E-state index in [0.717, 1.165) is 16.6 Å². The smallest absolute Gasteiger partial charge is 0.124 e. The van der Waals surface area contributed by atoms with Gasteiger partial charge in [-0.2, -0.15) is 0 Å². The molecule has 1 N–H and O–H groups in total. The molecule has 0 radical (unpaired) electrons. The molecule has 18 heavy (non-hydrogen) atoms. The molecule has 0 saturated heterocycles. The number of benzene rings is 1. The van der Waals surface area contributed by atoms with Crippen LogP contribution in [-0.2, 0) is 6.54 Å². The topological polar surface area (TPSA) is 17.0 Å². The van der Waals surface area contributed by atoms with Crippen LogP contribution in [0.1, 0.15) is 24.1 Å². The molecule has 1 heterocycles. The Hall–Kier alpha value is -1.13. The zero-order valence-corrected chi connectivity index (χ0v) is 12.0. The summed E-state index contributed by atoms with van der Waals surface area (Å²) < 4.78 is 15.9. The zero-order chi connectivity index (χ0) is 13.1. The predicted octanol–water partition coefficient (Wildman–Crippen LogP) is 3.72. The molecule has 2 nitrogen and oxygen atoms in total. The molecule has 1 aromatic heterocycles. The number of nitrogens with one attached hydrogen (secondary N) is 1. The number of nitrogens with zero attached hydrogens (tertiary/aromatic N) is 1. The van der Waals surface area contributed by atoms with E-state index in [4.69, 9.17) is 0 Å². The van der Waals surface area contributed by atoms with Gasteiger partial charge in [-0.15, -0.1) is 0 Å². The molecule has 0 aliphatic rings. The summed E-state index contributed by atoms with van der Waals surface area (Å²) in [5, 5.41) is 3.21. The molecular weight excluding hydrogens is 295 g/mol. The average Bonchev–Trinajstić information content (AvgIpc) is 2.80. The number of aromatic nitrogens is 1. The standard InChI is InChI=1S/C14H16BrFN2/c1-10(17-2)11-5-6-18(8-11)9-12-3-4-13(16)7-14(12)15/h3-8,10,17H,9H2,1-2H3. The van der Waals surface area contributed by atoms with E-state index in [1.165, 1.54) is 17.7 Å². The molecule has 0 bridgehead atoms. The molecule has 0 aliphatic carbocycles. The lowest BCUT2D eigenvalue weighted by Gasteiger charge is -2.08. The Labute approximate surface area is 115 Å². The summed E-state index contributed by atoms with van der Waals surface area (Å²) in [6.07, 6.45) is 4.15. The summed E-state index contributed by atoms with van der Waals surface area (Å²) in [7, 11) is 1.94. The number of hydrogen-bond donors (Lipinski definition) is 1. The van der Waals surface area contributed by atoms with Crippen molar-refractivity contribution in [3.63, 3.8) is 0 Å². The number of rotatable bonds is 4. The van der Waals surface area contributed by atoms with Gasteiger partial charge in [-0.25, -0.2) is 4.39 Å². The van der Waals surface area contributed by atoms with E-state index < -0.39 is 0 Å². The van der Waals surface area contributed by atoms with Gasteiger partial charge in [0, 0.05) is 29.5 Å². The molecule has 2 rings (SSSR count). The Morgan fingerprint density at radius 3 is 2.83 bits per heavy atom. The van der Waals surface area contributed by atoms with Crippen molar-refractivity contribution in [3.05, 3.63) is 58.1 Å². The highest BCUT2D eigenvalue weighted by molar-refractivity contribution is 9.10. The fourth-order valence-electron chi connectivity index (χ4n) is 1.83. The molecule has 1 unspecified atom stereocenters. The van der Waals surface area contributed by atoms with Crippen LogP contribution in [0, 0.1) is 5.82 Å². The fourth-order valence-corrected chi connectivity index (χ4v) is 2.30. The van der Waals surface area contributed by atoms with Crippen LogP contribution in [0.2, 0.25) is 0 Å². The Bertz CT molecular complexity index is 536. The summed E-state index contributed by atoms with van der Waals surface area (Å²) in [6, 6.07) is 7.22. The van der Waals surface area contributed by atoms with Gasteiger partial charge in [0.15, 0.2) is 0 Å². The summed E-state index contributed by atoms with van der Waals surface area (Å²) >= 11 is 3.39. The highest BCUT2D eigenvalue weighted by Crippen LogP contribution is 2.20. The second kappa shape index (κ2) is 5.67. The minimum absolute atomic E-state index is 0.220. The van der Waals surface area contributed by atoms with Crippen molar-refractivity contribution in [1.29, 1.82) is 0 Å². The normalized spacial score (nSPS) is 12.7. The van der Waals surface area contributed by atoms with E-state index in [9.17, 15) is 4.39 Å². The summed E-state index contributed by atoms with van der Waals surface area (Å²) in [5.41, 5.74) is 2.31. The van der Waals surface area contributed by atoms with E-state index in [1.54, 1.807) is 6.07 Å². The third-order valence-corrected chi connectivity index (χ3v) is 3.81. The minimum atomic E-state index is -0.220. The van der Waals surface area contributed by atoms with Gasteiger partial charge in [0.05, 0.1) is 0 Å². The molecule has 0 saturated carbocycles. The van der Waals surface area contributed by atoms with E-state index in [2.05, 4.69) is 45.0 Å². The Morgan fingerprint density at radius 1 is 1.39 bits per heavy atom. The van der Waals surface area contributed by atoms with Crippen LogP contribution < -0.4 is 5.32 Å². The first-order chi connectivity index (χ1) is 8.60. The average molecular weight is 311 g/mol. The molecule has 0 amide bonds. The van der Waals surface area contributed by atoms with Gasteiger partial charge in [-0.05, 0) is 43.3 Å². The van der Waals surface area contributed by atoms with Crippen LogP contribution in [0.5, 0.6) is 0 Å². The third-order valence-electron chi connectivity index (χ3n) is 3.07. The molecule has 1 atom stereocenters. The third kappa shape index (κ3) is 3.00. The number of halogens is 2. The SMILES string of the molecule is CNC(C)c1ccn(Cc2ccc(F)cc2Br)c1. The molecule has 4 heteroatoms. The summed E-state index contributed by atoms with van der Waals surface area (Å²) in [6.45, 7) is 2.85. The van der Waals surface area contributed by atoms with Crippen molar-refractivity contribution in [2.24, 2.45) is 0 Å². The quantitative estimate of drug-likeness (QED) is 0.910. The van der Waals surface area contributed by atoms with Crippen LogP contribution in [0.4, 0.5) is 4.39 Å². The number of hydrogen-bond acceptors (Lipinski definition) is 1. The molecule has 1 aromatic carbocycles. The van der Waals surface area contributed by atoms with Crippen LogP contribution >= 0.6 is 15.9 Å². The van der Waals surface area contributed by atoms with Crippen molar-refractivity contribution < 1.29 is 4.39 Å². The maximum Gasteiger partial charge on any atom is 0.124 e. The molecule has 96 valence electrons. The van der Waals surface area contributed by atoms with Crippen molar-refractivity contribution in [1.82, 2.24) is 9.88 Å². The fraction of sp³-hybridized carbons (Fsp3) is 0.286. The highest BCUT2D eigenvalue weighted by atomic mass is 79.9. The van der Waals surface area contributed by atoms with Crippen LogP contribution in [-0.4, -0.2) is 11.6 Å². The van der Waals surface area contributed by atoms with E-state index >= 15 is 0 Å². The molecule has 0 spiro atoms. The molecular formula is C14H16BrFN2.